The maximum absolute atomic E-state index is 13.5. The third kappa shape index (κ3) is 4.67. The van der Waals surface area contributed by atoms with Crippen molar-refractivity contribution in [1.29, 1.82) is 5.26 Å². The molecule has 0 N–H and O–H groups in total. The number of nitrogens with zero attached hydrogens (tertiary/aromatic N) is 6. The van der Waals surface area contributed by atoms with Gasteiger partial charge in [-0.1, -0.05) is 60.2 Å². The predicted molar refractivity (Wildman–Crippen MR) is 152 cm³/mol. The van der Waals surface area contributed by atoms with Crippen molar-refractivity contribution in [2.45, 2.75) is 20.8 Å². The Morgan fingerprint density at radius 3 is 2.29 bits per heavy atom. The summed E-state index contributed by atoms with van der Waals surface area (Å²) in [5.41, 5.74) is 6.99. The normalized spacial score (nSPS) is 12.1. The zero-order valence-corrected chi connectivity index (χ0v) is 22.4. The molecular formula is C30H26N6OS. The molecule has 0 fully saturated rings. The standard InChI is InChI=1S/C30H26N6OS/c1-20-10-14-25(15-11-20)27-19-38-30(35(27)33-21(2)24-16-12-23(18-31)13-17-24)32-28-22(3)34(4)36(29(28)37)26-8-6-5-7-9-26/h5-17,19H,1-4H3. The second-order valence-corrected chi connectivity index (χ2v) is 9.81. The van der Waals surface area contributed by atoms with Crippen molar-refractivity contribution < 1.29 is 0 Å². The molecule has 38 heavy (non-hydrogen) atoms. The van der Waals surface area contributed by atoms with Gasteiger partial charge in [-0.15, -0.1) is 11.3 Å². The summed E-state index contributed by atoms with van der Waals surface area (Å²) in [6.07, 6.45) is 0. The number of aromatic nitrogens is 3. The summed E-state index contributed by atoms with van der Waals surface area (Å²) in [5, 5.41) is 16.1. The van der Waals surface area contributed by atoms with Gasteiger partial charge >= 0.3 is 0 Å². The van der Waals surface area contributed by atoms with Crippen molar-refractivity contribution in [2.75, 3.05) is 0 Å². The first-order valence-electron chi connectivity index (χ1n) is 12.1. The maximum Gasteiger partial charge on any atom is 0.297 e. The highest BCUT2D eigenvalue weighted by atomic mass is 32.1. The highest BCUT2D eigenvalue weighted by Gasteiger charge is 2.17. The first-order chi connectivity index (χ1) is 18.4. The highest BCUT2D eigenvalue weighted by Crippen LogP contribution is 2.23. The van der Waals surface area contributed by atoms with Gasteiger partial charge in [-0.2, -0.15) is 10.4 Å². The van der Waals surface area contributed by atoms with Gasteiger partial charge in [0.1, 0.15) is 0 Å². The third-order valence-electron chi connectivity index (χ3n) is 6.45. The molecule has 0 aliphatic carbocycles. The number of nitriles is 1. The number of hydrogen-bond acceptors (Lipinski definition) is 5. The zero-order chi connectivity index (χ0) is 26.8. The number of hydrogen-bond donors (Lipinski definition) is 0. The smallest absolute Gasteiger partial charge is 0.283 e. The van der Waals surface area contributed by atoms with Gasteiger partial charge in [0, 0.05) is 18.0 Å². The van der Waals surface area contributed by atoms with E-state index in [1.165, 1.54) is 16.9 Å². The molecule has 0 aliphatic rings. The van der Waals surface area contributed by atoms with Crippen LogP contribution in [0, 0.1) is 25.2 Å². The van der Waals surface area contributed by atoms with Crippen LogP contribution in [0.4, 0.5) is 5.69 Å². The fourth-order valence-electron chi connectivity index (χ4n) is 4.17. The summed E-state index contributed by atoms with van der Waals surface area (Å²) in [6, 6.07) is 27.2. The quantitative estimate of drug-likeness (QED) is 0.280. The number of rotatable bonds is 5. The number of para-hydroxylation sites is 1. The summed E-state index contributed by atoms with van der Waals surface area (Å²) in [4.78, 5) is 19.0. The maximum atomic E-state index is 13.5. The molecule has 5 rings (SSSR count). The Hall–Kier alpha value is -4.74. The minimum Gasteiger partial charge on any atom is -0.283 e. The number of thiazole rings is 1. The molecule has 0 amide bonds. The van der Waals surface area contributed by atoms with Crippen LogP contribution in [-0.2, 0) is 7.05 Å². The van der Waals surface area contributed by atoms with E-state index in [9.17, 15) is 4.79 Å². The SMILES string of the molecule is CC(=Nn1c(-c2ccc(C)cc2)csc1=Nc1c(C)n(C)n(-c2ccccc2)c1=O)c1ccc(C#N)cc1. The molecule has 0 saturated heterocycles. The first-order valence-corrected chi connectivity index (χ1v) is 13.0. The molecule has 0 aliphatic heterocycles. The van der Waals surface area contributed by atoms with E-state index in [0.29, 0.717) is 16.1 Å². The van der Waals surface area contributed by atoms with Gasteiger partial charge in [0.15, 0.2) is 5.69 Å². The van der Waals surface area contributed by atoms with Crippen molar-refractivity contribution in [2.24, 2.45) is 17.1 Å². The Kier molecular flexibility index (Phi) is 6.77. The van der Waals surface area contributed by atoms with Crippen LogP contribution in [0.1, 0.15) is 29.3 Å². The molecule has 188 valence electrons. The molecule has 0 unspecified atom stereocenters. The van der Waals surface area contributed by atoms with Gasteiger partial charge in [0.05, 0.1) is 34.4 Å². The van der Waals surface area contributed by atoms with E-state index < -0.39 is 0 Å². The Labute approximate surface area is 224 Å². The fourth-order valence-corrected chi connectivity index (χ4v) is 5.00. The van der Waals surface area contributed by atoms with Gasteiger partial charge in [-0.3, -0.25) is 9.48 Å². The molecular weight excluding hydrogens is 492 g/mol. The molecule has 3 aromatic carbocycles. The van der Waals surface area contributed by atoms with E-state index in [1.807, 2.05) is 73.4 Å². The average molecular weight is 519 g/mol. The highest BCUT2D eigenvalue weighted by molar-refractivity contribution is 7.07. The van der Waals surface area contributed by atoms with E-state index >= 15 is 0 Å². The molecule has 2 aromatic heterocycles. The number of benzene rings is 3. The van der Waals surface area contributed by atoms with Gasteiger partial charge < -0.3 is 0 Å². The van der Waals surface area contributed by atoms with Gasteiger partial charge in [-0.25, -0.2) is 14.4 Å². The van der Waals surface area contributed by atoms with Crippen LogP contribution in [-0.4, -0.2) is 19.8 Å². The van der Waals surface area contributed by atoms with E-state index in [-0.39, 0.29) is 5.56 Å². The zero-order valence-electron chi connectivity index (χ0n) is 21.6. The summed E-state index contributed by atoms with van der Waals surface area (Å²) >= 11 is 1.43. The van der Waals surface area contributed by atoms with Gasteiger partial charge in [-0.05, 0) is 50.6 Å². The first kappa shape index (κ1) is 24.9. The Morgan fingerprint density at radius 1 is 0.947 bits per heavy atom. The van der Waals surface area contributed by atoms with Crippen molar-refractivity contribution in [3.8, 4) is 23.0 Å². The summed E-state index contributed by atoms with van der Waals surface area (Å²) < 4.78 is 5.24. The largest absolute Gasteiger partial charge is 0.297 e. The summed E-state index contributed by atoms with van der Waals surface area (Å²) in [7, 11) is 1.86. The van der Waals surface area contributed by atoms with Crippen molar-refractivity contribution in [3.05, 3.63) is 122 Å². The minimum absolute atomic E-state index is 0.194. The third-order valence-corrected chi connectivity index (χ3v) is 7.26. The molecule has 0 saturated carbocycles. The lowest BCUT2D eigenvalue weighted by atomic mass is 10.1. The van der Waals surface area contributed by atoms with Crippen molar-refractivity contribution in [1.82, 2.24) is 14.0 Å². The molecule has 2 heterocycles. The molecule has 7 nitrogen and oxygen atoms in total. The topological polar surface area (TPSA) is 80.4 Å². The van der Waals surface area contributed by atoms with Crippen LogP contribution in [0.5, 0.6) is 0 Å². The van der Waals surface area contributed by atoms with E-state index in [0.717, 1.165) is 33.9 Å². The van der Waals surface area contributed by atoms with E-state index in [2.05, 4.69) is 37.3 Å². The number of aryl methyl sites for hydroxylation is 1. The van der Waals surface area contributed by atoms with Crippen molar-refractivity contribution in [3.63, 3.8) is 0 Å². The van der Waals surface area contributed by atoms with Gasteiger partial charge in [0.25, 0.3) is 5.56 Å². The van der Waals surface area contributed by atoms with E-state index in [4.69, 9.17) is 15.4 Å². The summed E-state index contributed by atoms with van der Waals surface area (Å²) in [6.45, 7) is 5.87. The lowest BCUT2D eigenvalue weighted by molar-refractivity contribution is 0.630. The van der Waals surface area contributed by atoms with Crippen LogP contribution in [0.25, 0.3) is 16.9 Å². The average Bonchev–Trinajstić information content (AvgIpc) is 3.42. The van der Waals surface area contributed by atoms with E-state index in [1.54, 1.807) is 21.5 Å². The van der Waals surface area contributed by atoms with Crippen LogP contribution in [0.3, 0.4) is 0 Å². The molecule has 0 radical (unpaired) electrons. The monoisotopic (exact) mass is 518 g/mol. The molecule has 5 aromatic rings. The molecule has 0 spiro atoms. The summed E-state index contributed by atoms with van der Waals surface area (Å²) in [5.74, 6) is 0. The Bertz CT molecular complexity index is 1810. The second-order valence-electron chi connectivity index (χ2n) is 8.98. The molecule has 0 atom stereocenters. The minimum atomic E-state index is -0.194. The Morgan fingerprint density at radius 2 is 1.63 bits per heavy atom. The molecule has 0 bridgehead atoms. The van der Waals surface area contributed by atoms with Crippen LogP contribution < -0.4 is 10.4 Å². The molecule has 8 heteroatoms. The lowest BCUT2D eigenvalue weighted by Gasteiger charge is -2.07. The van der Waals surface area contributed by atoms with Gasteiger partial charge in [0.2, 0.25) is 4.80 Å². The van der Waals surface area contributed by atoms with Crippen LogP contribution in [0.2, 0.25) is 0 Å². The predicted octanol–water partition coefficient (Wildman–Crippen LogP) is 5.70. The lowest BCUT2D eigenvalue weighted by Crippen LogP contribution is -2.20. The fraction of sp³-hybridized carbons (Fsp3) is 0.133. The second kappa shape index (κ2) is 10.3. The Balaban J connectivity index is 1.71. The van der Waals surface area contributed by atoms with Crippen LogP contribution in [0.15, 0.2) is 99.1 Å². The van der Waals surface area contributed by atoms with Crippen LogP contribution >= 0.6 is 11.3 Å². The van der Waals surface area contributed by atoms with Crippen molar-refractivity contribution >= 4 is 22.7 Å².